The lowest BCUT2D eigenvalue weighted by atomic mass is 10.0. The summed E-state index contributed by atoms with van der Waals surface area (Å²) in [4.78, 5) is 18.2. The van der Waals surface area contributed by atoms with Gasteiger partial charge in [0.05, 0.1) is 17.1 Å². The van der Waals surface area contributed by atoms with Crippen molar-refractivity contribution in [3.05, 3.63) is 52.1 Å². The highest BCUT2D eigenvalue weighted by molar-refractivity contribution is 9.10. The first-order valence-corrected chi connectivity index (χ1v) is 10.5. The molecule has 1 aliphatic heterocycles. The number of carbonyl (C=O) groups is 1. The molecule has 0 spiro atoms. The van der Waals surface area contributed by atoms with Crippen LogP contribution in [0.3, 0.4) is 0 Å². The summed E-state index contributed by atoms with van der Waals surface area (Å²) in [7, 11) is 1.60. The van der Waals surface area contributed by atoms with Crippen molar-refractivity contribution in [2.75, 3.05) is 25.1 Å². The summed E-state index contributed by atoms with van der Waals surface area (Å²) in [5.74, 6) is 1.27. The summed E-state index contributed by atoms with van der Waals surface area (Å²) < 4.78 is 44.0. The van der Waals surface area contributed by atoms with E-state index in [1.165, 1.54) is 6.07 Å². The molecule has 1 amide bonds. The van der Waals surface area contributed by atoms with Crippen molar-refractivity contribution >= 4 is 27.7 Å². The number of hydrogen-bond acceptors (Lipinski definition) is 4. The van der Waals surface area contributed by atoms with Crippen LogP contribution < -0.4 is 15.0 Å². The van der Waals surface area contributed by atoms with E-state index in [2.05, 4.69) is 26.2 Å². The maximum Gasteiger partial charge on any atom is 0.417 e. The molecule has 162 valence electrons. The predicted octanol–water partition coefficient (Wildman–Crippen LogP) is 4.59. The molecule has 1 aromatic heterocycles. The molecule has 1 aliphatic rings. The summed E-state index contributed by atoms with van der Waals surface area (Å²) >= 11 is 3.44. The van der Waals surface area contributed by atoms with Gasteiger partial charge in [0.2, 0.25) is 5.91 Å². The fourth-order valence-electron chi connectivity index (χ4n) is 3.42. The largest absolute Gasteiger partial charge is 0.496 e. The molecule has 0 atom stereocenters. The Morgan fingerprint density at radius 1 is 1.27 bits per heavy atom. The molecule has 0 radical (unpaired) electrons. The number of aryl methyl sites for hydroxylation is 1. The third-order valence-corrected chi connectivity index (χ3v) is 5.74. The molecular formula is C21H23BrF3N3O2. The van der Waals surface area contributed by atoms with Gasteiger partial charge in [-0.3, -0.25) is 4.79 Å². The Morgan fingerprint density at radius 3 is 2.57 bits per heavy atom. The monoisotopic (exact) mass is 485 g/mol. The van der Waals surface area contributed by atoms with Crippen molar-refractivity contribution in [3.63, 3.8) is 0 Å². The fraction of sp³-hybridized carbons (Fsp3) is 0.429. The van der Waals surface area contributed by atoms with E-state index < -0.39 is 11.7 Å². The Labute approximate surface area is 181 Å². The Balaban J connectivity index is 1.44. The Morgan fingerprint density at radius 2 is 2.00 bits per heavy atom. The SMILES string of the molecule is COc1ccc(CCC(=O)NC2CCN(c3ccc(C(F)(F)F)cn3)CC2)cc1Br. The number of hydrogen-bond donors (Lipinski definition) is 1. The topological polar surface area (TPSA) is 54.5 Å². The minimum Gasteiger partial charge on any atom is -0.496 e. The van der Waals surface area contributed by atoms with Gasteiger partial charge in [-0.05, 0) is 65.0 Å². The van der Waals surface area contributed by atoms with E-state index in [0.29, 0.717) is 31.7 Å². The molecule has 1 fully saturated rings. The molecule has 0 aliphatic carbocycles. The minimum absolute atomic E-state index is 0.00644. The van der Waals surface area contributed by atoms with Crippen LogP contribution in [0.2, 0.25) is 0 Å². The summed E-state index contributed by atoms with van der Waals surface area (Å²) in [6, 6.07) is 8.25. The van der Waals surface area contributed by atoms with Crippen LogP contribution in [0.15, 0.2) is 41.0 Å². The van der Waals surface area contributed by atoms with Crippen LogP contribution >= 0.6 is 15.9 Å². The quantitative estimate of drug-likeness (QED) is 0.649. The van der Waals surface area contributed by atoms with Crippen LogP contribution in [0.25, 0.3) is 0 Å². The lowest BCUT2D eigenvalue weighted by Gasteiger charge is -2.33. The number of anilines is 1. The number of halogens is 4. The predicted molar refractivity (Wildman–Crippen MR) is 112 cm³/mol. The number of carbonyl (C=O) groups excluding carboxylic acids is 1. The molecule has 30 heavy (non-hydrogen) atoms. The number of benzene rings is 1. The van der Waals surface area contributed by atoms with E-state index in [4.69, 9.17) is 4.74 Å². The van der Waals surface area contributed by atoms with Crippen LogP contribution in [0.5, 0.6) is 5.75 Å². The second-order valence-corrected chi connectivity index (χ2v) is 8.05. The standard InChI is InChI=1S/C21H23BrF3N3O2/c1-30-18-5-2-14(12-17(18)22)3-7-20(29)27-16-8-10-28(11-9-16)19-6-4-15(13-26-19)21(23,24)25/h2,4-6,12-13,16H,3,7-11H2,1H3,(H,27,29). The third kappa shape index (κ3) is 5.87. The van der Waals surface area contributed by atoms with Gasteiger partial charge >= 0.3 is 6.18 Å². The fourth-order valence-corrected chi connectivity index (χ4v) is 4.00. The van der Waals surface area contributed by atoms with E-state index in [1.807, 2.05) is 23.1 Å². The lowest BCUT2D eigenvalue weighted by Crippen LogP contribution is -2.45. The summed E-state index contributed by atoms with van der Waals surface area (Å²) in [6.45, 7) is 1.27. The molecule has 5 nitrogen and oxygen atoms in total. The summed E-state index contributed by atoms with van der Waals surface area (Å²) in [5, 5.41) is 3.06. The molecule has 9 heteroatoms. The van der Waals surface area contributed by atoms with Gasteiger partial charge in [-0.2, -0.15) is 13.2 Å². The van der Waals surface area contributed by atoms with E-state index >= 15 is 0 Å². The zero-order chi connectivity index (χ0) is 21.7. The van der Waals surface area contributed by atoms with Gasteiger partial charge in [-0.25, -0.2) is 4.98 Å². The number of amides is 1. The number of pyridine rings is 1. The van der Waals surface area contributed by atoms with Crippen LogP contribution in [-0.4, -0.2) is 37.1 Å². The normalized spacial score (nSPS) is 15.2. The van der Waals surface area contributed by atoms with Crippen molar-refractivity contribution in [1.29, 1.82) is 0 Å². The number of piperidine rings is 1. The van der Waals surface area contributed by atoms with Crippen LogP contribution in [-0.2, 0) is 17.4 Å². The Bertz CT molecular complexity index is 867. The van der Waals surface area contributed by atoms with Crippen LogP contribution in [0, 0.1) is 0 Å². The van der Waals surface area contributed by atoms with E-state index in [0.717, 1.165) is 40.9 Å². The minimum atomic E-state index is -4.38. The number of nitrogens with one attached hydrogen (secondary N) is 1. The number of methoxy groups -OCH3 is 1. The van der Waals surface area contributed by atoms with Gasteiger partial charge in [-0.15, -0.1) is 0 Å². The van der Waals surface area contributed by atoms with Gasteiger partial charge in [0.25, 0.3) is 0 Å². The van der Waals surface area contributed by atoms with Gasteiger partial charge in [0.15, 0.2) is 0 Å². The molecule has 1 saturated heterocycles. The third-order valence-electron chi connectivity index (χ3n) is 5.12. The van der Waals surface area contributed by atoms with Crippen LogP contribution in [0.1, 0.15) is 30.4 Å². The first-order chi connectivity index (χ1) is 14.3. The number of aromatic nitrogens is 1. The van der Waals surface area contributed by atoms with Gasteiger partial charge < -0.3 is 15.0 Å². The Kier molecular flexibility index (Phi) is 7.23. The van der Waals surface area contributed by atoms with Crippen molar-refractivity contribution in [3.8, 4) is 5.75 Å². The van der Waals surface area contributed by atoms with Crippen molar-refractivity contribution in [1.82, 2.24) is 10.3 Å². The first kappa shape index (κ1) is 22.4. The summed E-state index contributed by atoms with van der Waals surface area (Å²) in [6.07, 6.45) is -1.06. The van der Waals surface area contributed by atoms with Gasteiger partial charge in [-0.1, -0.05) is 6.07 Å². The molecule has 1 aromatic carbocycles. The van der Waals surface area contributed by atoms with Gasteiger partial charge in [0.1, 0.15) is 11.6 Å². The lowest BCUT2D eigenvalue weighted by molar-refractivity contribution is -0.137. The number of nitrogens with zero attached hydrogens (tertiary/aromatic N) is 2. The maximum absolute atomic E-state index is 12.7. The Hall–Kier alpha value is -2.29. The van der Waals surface area contributed by atoms with Crippen molar-refractivity contribution < 1.29 is 22.7 Å². The molecule has 2 heterocycles. The molecular weight excluding hydrogens is 463 g/mol. The van der Waals surface area contributed by atoms with E-state index in [9.17, 15) is 18.0 Å². The second kappa shape index (κ2) is 9.68. The number of alkyl halides is 3. The van der Waals surface area contributed by atoms with Crippen molar-refractivity contribution in [2.24, 2.45) is 0 Å². The molecule has 0 saturated carbocycles. The second-order valence-electron chi connectivity index (χ2n) is 7.20. The van der Waals surface area contributed by atoms with E-state index in [1.54, 1.807) is 7.11 Å². The van der Waals surface area contributed by atoms with Gasteiger partial charge in [0, 0.05) is 31.7 Å². The first-order valence-electron chi connectivity index (χ1n) is 9.66. The van der Waals surface area contributed by atoms with E-state index in [-0.39, 0.29) is 11.9 Å². The van der Waals surface area contributed by atoms with Crippen molar-refractivity contribution in [2.45, 2.75) is 37.9 Å². The molecule has 3 rings (SSSR count). The average molecular weight is 486 g/mol. The average Bonchev–Trinajstić information content (AvgIpc) is 2.72. The smallest absolute Gasteiger partial charge is 0.417 e. The molecule has 0 bridgehead atoms. The maximum atomic E-state index is 12.7. The molecule has 0 unspecified atom stereocenters. The number of ether oxygens (including phenoxy) is 1. The molecule has 1 N–H and O–H groups in total. The zero-order valence-corrected chi connectivity index (χ0v) is 18.1. The zero-order valence-electron chi connectivity index (χ0n) is 16.5. The molecule has 2 aromatic rings. The highest BCUT2D eigenvalue weighted by Crippen LogP contribution is 2.30. The number of rotatable bonds is 6. The van der Waals surface area contributed by atoms with Crippen LogP contribution in [0.4, 0.5) is 19.0 Å². The highest BCUT2D eigenvalue weighted by atomic mass is 79.9. The summed E-state index contributed by atoms with van der Waals surface area (Å²) in [5.41, 5.74) is 0.290. The highest BCUT2D eigenvalue weighted by Gasteiger charge is 2.31.